The zero-order chi connectivity index (χ0) is 12.5. The normalized spacial score (nSPS) is 11.3. The number of aryl methyl sites for hydroxylation is 1. The SMILES string of the molecule is C=C/C(=C/CNc1cccc(C)c1)CCCC. The van der Waals surface area contributed by atoms with E-state index in [0.29, 0.717) is 0 Å². The van der Waals surface area contributed by atoms with Gasteiger partial charge in [-0.05, 0) is 37.5 Å². The Morgan fingerprint density at radius 1 is 1.41 bits per heavy atom. The van der Waals surface area contributed by atoms with Crippen LogP contribution in [0.1, 0.15) is 31.7 Å². The van der Waals surface area contributed by atoms with E-state index in [2.05, 4.69) is 56.1 Å². The van der Waals surface area contributed by atoms with Crippen molar-refractivity contribution in [2.75, 3.05) is 11.9 Å². The molecule has 0 aromatic heterocycles. The zero-order valence-electron chi connectivity index (χ0n) is 11.0. The van der Waals surface area contributed by atoms with Gasteiger partial charge in [-0.2, -0.15) is 0 Å². The molecule has 0 fully saturated rings. The second-order valence-corrected chi connectivity index (χ2v) is 4.34. The van der Waals surface area contributed by atoms with Crippen LogP contribution in [0, 0.1) is 6.92 Å². The number of unbranched alkanes of at least 4 members (excludes halogenated alkanes) is 1. The Morgan fingerprint density at radius 2 is 2.24 bits per heavy atom. The summed E-state index contributed by atoms with van der Waals surface area (Å²) in [5.74, 6) is 0. The molecule has 0 radical (unpaired) electrons. The molecule has 0 heterocycles. The number of nitrogens with one attached hydrogen (secondary N) is 1. The molecule has 0 bridgehead atoms. The van der Waals surface area contributed by atoms with E-state index < -0.39 is 0 Å². The zero-order valence-corrected chi connectivity index (χ0v) is 11.0. The summed E-state index contributed by atoms with van der Waals surface area (Å²) in [4.78, 5) is 0. The van der Waals surface area contributed by atoms with Gasteiger partial charge in [0, 0.05) is 12.2 Å². The molecule has 1 rings (SSSR count). The number of allylic oxidation sites excluding steroid dienone is 2. The Balaban J connectivity index is 2.44. The monoisotopic (exact) mass is 229 g/mol. The van der Waals surface area contributed by atoms with Crippen LogP contribution < -0.4 is 5.32 Å². The summed E-state index contributed by atoms with van der Waals surface area (Å²) in [6.45, 7) is 9.05. The minimum atomic E-state index is 0.870. The van der Waals surface area contributed by atoms with E-state index in [4.69, 9.17) is 0 Å². The standard InChI is InChI=1S/C16H23N/c1-4-6-9-15(5-2)11-12-17-16-10-7-8-14(3)13-16/h5,7-8,10-11,13,17H,2,4,6,9,12H2,1,3H3/b15-11-. The number of hydrogen-bond donors (Lipinski definition) is 1. The van der Waals surface area contributed by atoms with Crippen molar-refractivity contribution in [1.29, 1.82) is 0 Å². The molecule has 92 valence electrons. The smallest absolute Gasteiger partial charge is 0.0345 e. The van der Waals surface area contributed by atoms with Gasteiger partial charge in [0.25, 0.3) is 0 Å². The summed E-state index contributed by atoms with van der Waals surface area (Å²) in [6.07, 6.45) is 7.80. The highest BCUT2D eigenvalue weighted by atomic mass is 14.8. The lowest BCUT2D eigenvalue weighted by molar-refractivity contribution is 0.796. The molecule has 1 aromatic carbocycles. The number of benzene rings is 1. The minimum absolute atomic E-state index is 0.870. The molecule has 17 heavy (non-hydrogen) atoms. The Bertz CT molecular complexity index is 377. The van der Waals surface area contributed by atoms with Gasteiger partial charge in [-0.1, -0.05) is 49.8 Å². The maximum Gasteiger partial charge on any atom is 0.0345 e. The fourth-order valence-electron chi connectivity index (χ4n) is 1.72. The Kier molecular flexibility index (Phi) is 6.16. The minimum Gasteiger partial charge on any atom is -0.382 e. The lowest BCUT2D eigenvalue weighted by Gasteiger charge is -2.06. The molecule has 0 aliphatic heterocycles. The Hall–Kier alpha value is -1.50. The molecule has 0 spiro atoms. The largest absolute Gasteiger partial charge is 0.382 e. The Labute approximate surface area is 105 Å². The first-order valence-corrected chi connectivity index (χ1v) is 6.38. The van der Waals surface area contributed by atoms with Crippen molar-refractivity contribution < 1.29 is 0 Å². The lowest BCUT2D eigenvalue weighted by Crippen LogP contribution is -1.99. The second-order valence-electron chi connectivity index (χ2n) is 4.34. The van der Waals surface area contributed by atoms with E-state index in [1.807, 2.05) is 6.08 Å². The van der Waals surface area contributed by atoms with Gasteiger partial charge in [0.05, 0.1) is 0 Å². The summed E-state index contributed by atoms with van der Waals surface area (Å²) in [5.41, 5.74) is 3.81. The molecule has 0 atom stereocenters. The van der Waals surface area contributed by atoms with Crippen molar-refractivity contribution in [3.05, 3.63) is 54.1 Å². The van der Waals surface area contributed by atoms with E-state index in [1.165, 1.54) is 29.7 Å². The average Bonchev–Trinajstić information content (AvgIpc) is 2.33. The van der Waals surface area contributed by atoms with Crippen molar-refractivity contribution in [1.82, 2.24) is 0 Å². The summed E-state index contributed by atoms with van der Waals surface area (Å²) < 4.78 is 0. The molecule has 1 heteroatoms. The van der Waals surface area contributed by atoms with E-state index in [-0.39, 0.29) is 0 Å². The van der Waals surface area contributed by atoms with Crippen LogP contribution in [-0.2, 0) is 0 Å². The van der Waals surface area contributed by atoms with Gasteiger partial charge in [-0.15, -0.1) is 0 Å². The quantitative estimate of drug-likeness (QED) is 0.668. The van der Waals surface area contributed by atoms with Crippen LogP contribution in [0.3, 0.4) is 0 Å². The van der Waals surface area contributed by atoms with Gasteiger partial charge < -0.3 is 5.32 Å². The van der Waals surface area contributed by atoms with Crippen LogP contribution in [0.25, 0.3) is 0 Å². The molecule has 1 N–H and O–H groups in total. The number of rotatable bonds is 7. The van der Waals surface area contributed by atoms with Crippen molar-refractivity contribution in [2.45, 2.75) is 33.1 Å². The van der Waals surface area contributed by atoms with Gasteiger partial charge >= 0.3 is 0 Å². The van der Waals surface area contributed by atoms with E-state index >= 15 is 0 Å². The molecular formula is C16H23N. The Morgan fingerprint density at radius 3 is 2.88 bits per heavy atom. The molecule has 0 aliphatic rings. The lowest BCUT2D eigenvalue weighted by atomic mass is 10.1. The molecule has 1 aromatic rings. The van der Waals surface area contributed by atoms with Crippen molar-refractivity contribution in [3.8, 4) is 0 Å². The number of anilines is 1. The third-order valence-corrected chi connectivity index (χ3v) is 2.77. The molecule has 0 unspecified atom stereocenters. The van der Waals surface area contributed by atoms with Crippen LogP contribution in [0.15, 0.2) is 48.6 Å². The highest BCUT2D eigenvalue weighted by Gasteiger charge is 1.93. The molecular weight excluding hydrogens is 206 g/mol. The summed E-state index contributed by atoms with van der Waals surface area (Å²) >= 11 is 0. The van der Waals surface area contributed by atoms with Crippen LogP contribution in [0.5, 0.6) is 0 Å². The fourth-order valence-corrected chi connectivity index (χ4v) is 1.72. The van der Waals surface area contributed by atoms with Crippen LogP contribution in [0.2, 0.25) is 0 Å². The first-order chi connectivity index (χ1) is 8.26. The molecule has 1 nitrogen and oxygen atoms in total. The van der Waals surface area contributed by atoms with Crippen molar-refractivity contribution in [3.63, 3.8) is 0 Å². The van der Waals surface area contributed by atoms with Gasteiger partial charge in [-0.25, -0.2) is 0 Å². The van der Waals surface area contributed by atoms with E-state index in [9.17, 15) is 0 Å². The van der Waals surface area contributed by atoms with Crippen LogP contribution in [0.4, 0.5) is 5.69 Å². The predicted molar refractivity (Wildman–Crippen MR) is 77.5 cm³/mol. The topological polar surface area (TPSA) is 12.0 Å². The van der Waals surface area contributed by atoms with E-state index in [1.54, 1.807) is 0 Å². The van der Waals surface area contributed by atoms with Gasteiger partial charge in [0.15, 0.2) is 0 Å². The van der Waals surface area contributed by atoms with Crippen molar-refractivity contribution >= 4 is 5.69 Å². The summed E-state index contributed by atoms with van der Waals surface area (Å²) in [5, 5.41) is 3.40. The molecule has 0 saturated heterocycles. The third-order valence-electron chi connectivity index (χ3n) is 2.77. The molecule has 0 saturated carbocycles. The van der Waals surface area contributed by atoms with Crippen molar-refractivity contribution in [2.24, 2.45) is 0 Å². The summed E-state index contributed by atoms with van der Waals surface area (Å²) in [6, 6.07) is 8.44. The average molecular weight is 229 g/mol. The van der Waals surface area contributed by atoms with Crippen LogP contribution in [-0.4, -0.2) is 6.54 Å². The molecule has 0 aliphatic carbocycles. The maximum atomic E-state index is 3.86. The van der Waals surface area contributed by atoms with Gasteiger partial charge in [0.2, 0.25) is 0 Å². The third kappa shape index (κ3) is 5.39. The highest BCUT2D eigenvalue weighted by Crippen LogP contribution is 2.11. The first-order valence-electron chi connectivity index (χ1n) is 6.38. The fraction of sp³-hybridized carbons (Fsp3) is 0.375. The summed E-state index contributed by atoms with van der Waals surface area (Å²) in [7, 11) is 0. The number of hydrogen-bond acceptors (Lipinski definition) is 1. The predicted octanol–water partition coefficient (Wildman–Crippen LogP) is 4.71. The van der Waals surface area contributed by atoms with Gasteiger partial charge in [-0.3, -0.25) is 0 Å². The van der Waals surface area contributed by atoms with E-state index in [0.717, 1.165) is 13.0 Å². The van der Waals surface area contributed by atoms with Gasteiger partial charge in [0.1, 0.15) is 0 Å². The molecule has 0 amide bonds. The first kappa shape index (κ1) is 13.6. The maximum absolute atomic E-state index is 3.86. The highest BCUT2D eigenvalue weighted by molar-refractivity contribution is 5.46. The van der Waals surface area contributed by atoms with Crippen LogP contribution >= 0.6 is 0 Å². The second kappa shape index (κ2) is 7.72.